The van der Waals surface area contributed by atoms with Gasteiger partial charge in [-0.05, 0) is 6.92 Å². The summed E-state index contributed by atoms with van der Waals surface area (Å²) in [6.07, 6.45) is 1.94. The Morgan fingerprint density at radius 2 is 2.42 bits per heavy atom. The minimum atomic E-state index is -0.0956. The van der Waals surface area contributed by atoms with Crippen LogP contribution in [0.3, 0.4) is 0 Å². The van der Waals surface area contributed by atoms with Gasteiger partial charge >= 0.3 is 0 Å². The number of hydrogen-bond donors (Lipinski definition) is 2. The predicted octanol–water partition coefficient (Wildman–Crippen LogP) is 0.114. The summed E-state index contributed by atoms with van der Waals surface area (Å²) in [7, 11) is 0. The van der Waals surface area contributed by atoms with Gasteiger partial charge in [0.15, 0.2) is 5.82 Å². The zero-order valence-corrected chi connectivity index (χ0v) is 6.59. The first kappa shape index (κ1) is 7.02. The Labute approximate surface area is 68.5 Å². The lowest BCUT2D eigenvalue weighted by Gasteiger charge is -2.11. The van der Waals surface area contributed by atoms with Crippen molar-refractivity contribution in [3.63, 3.8) is 0 Å². The predicted molar refractivity (Wildman–Crippen MR) is 45.3 cm³/mol. The van der Waals surface area contributed by atoms with Crippen LogP contribution in [0.15, 0.2) is 16.2 Å². The Balaban J connectivity index is 2.57. The monoisotopic (exact) mass is 164 g/mol. The molecule has 0 bridgehead atoms. The van der Waals surface area contributed by atoms with Gasteiger partial charge in [0, 0.05) is 12.1 Å². The third kappa shape index (κ3) is 0.990. The third-order valence-electron chi connectivity index (χ3n) is 1.73. The number of aromatic nitrogens is 2. The molecule has 12 heavy (non-hydrogen) atoms. The quantitative estimate of drug-likeness (QED) is 0.572. The summed E-state index contributed by atoms with van der Waals surface area (Å²) in [5.74, 6) is 0.560. The highest BCUT2D eigenvalue weighted by atomic mass is 16.1. The molecule has 5 nitrogen and oxygen atoms in total. The molecule has 0 spiro atoms. The zero-order chi connectivity index (χ0) is 8.55. The van der Waals surface area contributed by atoms with E-state index < -0.39 is 0 Å². The van der Waals surface area contributed by atoms with Gasteiger partial charge in [0.2, 0.25) is 0 Å². The molecule has 0 unspecified atom stereocenters. The van der Waals surface area contributed by atoms with Crippen LogP contribution in [0.25, 0.3) is 0 Å². The number of aromatic amines is 1. The average Bonchev–Trinajstić information content (AvgIpc) is 2.07. The Morgan fingerprint density at radius 3 is 3.25 bits per heavy atom. The van der Waals surface area contributed by atoms with E-state index in [-0.39, 0.29) is 5.56 Å². The van der Waals surface area contributed by atoms with E-state index in [1.165, 1.54) is 6.33 Å². The first-order valence-electron chi connectivity index (χ1n) is 3.63. The number of rotatable bonds is 0. The third-order valence-corrected chi connectivity index (χ3v) is 1.73. The first-order chi connectivity index (χ1) is 5.77. The summed E-state index contributed by atoms with van der Waals surface area (Å²) in [6.45, 7) is 1.86. The second-order valence-electron chi connectivity index (χ2n) is 2.69. The van der Waals surface area contributed by atoms with Crippen molar-refractivity contribution in [1.29, 1.82) is 0 Å². The fourth-order valence-corrected chi connectivity index (χ4v) is 1.13. The molecule has 1 aliphatic rings. The van der Waals surface area contributed by atoms with Crippen molar-refractivity contribution in [3.8, 4) is 0 Å². The van der Waals surface area contributed by atoms with Gasteiger partial charge in [-0.15, -0.1) is 0 Å². The number of anilines is 1. The molecule has 0 saturated heterocycles. The number of hydrogen-bond acceptors (Lipinski definition) is 4. The van der Waals surface area contributed by atoms with Gasteiger partial charge in [0.25, 0.3) is 5.56 Å². The Bertz CT molecular complexity index is 393. The topological polar surface area (TPSA) is 70.1 Å². The number of H-pyrrole nitrogens is 1. The SMILES string of the molecule is CC1=NNc2nc[nH]c(=O)c2C1. The number of hydrazone groups is 1. The summed E-state index contributed by atoms with van der Waals surface area (Å²) in [4.78, 5) is 17.7. The summed E-state index contributed by atoms with van der Waals surface area (Å²) in [5.41, 5.74) is 4.16. The molecule has 0 radical (unpaired) electrons. The molecule has 0 aromatic carbocycles. The minimum Gasteiger partial charge on any atom is -0.313 e. The number of fused-ring (bicyclic) bond motifs is 1. The maximum Gasteiger partial charge on any atom is 0.256 e. The van der Waals surface area contributed by atoms with E-state index in [0.717, 1.165) is 5.71 Å². The van der Waals surface area contributed by atoms with Crippen molar-refractivity contribution in [2.24, 2.45) is 5.10 Å². The molecule has 62 valence electrons. The van der Waals surface area contributed by atoms with Crippen molar-refractivity contribution in [3.05, 3.63) is 22.2 Å². The normalized spacial score (nSPS) is 14.6. The zero-order valence-electron chi connectivity index (χ0n) is 6.59. The molecule has 0 fully saturated rings. The van der Waals surface area contributed by atoms with Crippen molar-refractivity contribution >= 4 is 11.5 Å². The Morgan fingerprint density at radius 1 is 1.58 bits per heavy atom. The molecule has 0 atom stereocenters. The van der Waals surface area contributed by atoms with Crippen LogP contribution in [0.2, 0.25) is 0 Å². The summed E-state index contributed by atoms with van der Waals surface area (Å²) >= 11 is 0. The van der Waals surface area contributed by atoms with Crippen LogP contribution in [-0.2, 0) is 6.42 Å². The van der Waals surface area contributed by atoms with Gasteiger partial charge in [-0.2, -0.15) is 5.10 Å². The molecule has 1 aromatic rings. The average molecular weight is 164 g/mol. The van der Waals surface area contributed by atoms with Crippen molar-refractivity contribution in [2.75, 3.05) is 5.43 Å². The minimum absolute atomic E-state index is 0.0956. The molecule has 5 heteroatoms. The van der Waals surface area contributed by atoms with Crippen LogP contribution in [0.5, 0.6) is 0 Å². The highest BCUT2D eigenvalue weighted by Crippen LogP contribution is 2.11. The number of nitrogens with zero attached hydrogens (tertiary/aromatic N) is 2. The smallest absolute Gasteiger partial charge is 0.256 e. The lowest BCUT2D eigenvalue weighted by Crippen LogP contribution is -2.22. The summed E-state index contributed by atoms with van der Waals surface area (Å²) in [5, 5.41) is 3.96. The van der Waals surface area contributed by atoms with Gasteiger partial charge in [-0.25, -0.2) is 4.98 Å². The van der Waals surface area contributed by atoms with E-state index in [4.69, 9.17) is 0 Å². The maximum absolute atomic E-state index is 11.2. The second-order valence-corrected chi connectivity index (χ2v) is 2.69. The van der Waals surface area contributed by atoms with E-state index in [1.807, 2.05) is 6.92 Å². The Kier molecular flexibility index (Phi) is 1.43. The van der Waals surface area contributed by atoms with E-state index in [0.29, 0.717) is 17.8 Å². The maximum atomic E-state index is 11.2. The second kappa shape index (κ2) is 2.44. The first-order valence-corrected chi connectivity index (χ1v) is 3.63. The van der Waals surface area contributed by atoms with Crippen molar-refractivity contribution < 1.29 is 0 Å². The van der Waals surface area contributed by atoms with Gasteiger partial charge < -0.3 is 4.98 Å². The lowest BCUT2D eigenvalue weighted by molar-refractivity contribution is 1.01. The van der Waals surface area contributed by atoms with Crippen LogP contribution in [0, 0.1) is 0 Å². The van der Waals surface area contributed by atoms with Crippen LogP contribution in [-0.4, -0.2) is 15.7 Å². The molecule has 2 N–H and O–H groups in total. The van der Waals surface area contributed by atoms with Gasteiger partial charge in [-0.3, -0.25) is 10.2 Å². The molecule has 0 amide bonds. The molecule has 0 aliphatic carbocycles. The van der Waals surface area contributed by atoms with E-state index in [9.17, 15) is 4.79 Å². The highest BCUT2D eigenvalue weighted by molar-refractivity contribution is 5.87. The van der Waals surface area contributed by atoms with Gasteiger partial charge in [0.05, 0.1) is 11.9 Å². The molecule has 1 aromatic heterocycles. The van der Waals surface area contributed by atoms with E-state index in [1.54, 1.807) is 0 Å². The van der Waals surface area contributed by atoms with Crippen LogP contribution >= 0.6 is 0 Å². The highest BCUT2D eigenvalue weighted by Gasteiger charge is 2.13. The summed E-state index contributed by atoms with van der Waals surface area (Å²) in [6, 6.07) is 0. The van der Waals surface area contributed by atoms with E-state index in [2.05, 4.69) is 20.5 Å². The summed E-state index contributed by atoms with van der Waals surface area (Å²) < 4.78 is 0. The molecular formula is C7H8N4O. The lowest BCUT2D eigenvalue weighted by atomic mass is 10.1. The fourth-order valence-electron chi connectivity index (χ4n) is 1.13. The Hall–Kier alpha value is -1.65. The molecule has 0 saturated carbocycles. The van der Waals surface area contributed by atoms with Crippen molar-refractivity contribution in [2.45, 2.75) is 13.3 Å². The van der Waals surface area contributed by atoms with Gasteiger partial charge in [0.1, 0.15) is 0 Å². The van der Waals surface area contributed by atoms with Gasteiger partial charge in [-0.1, -0.05) is 0 Å². The largest absolute Gasteiger partial charge is 0.313 e. The number of nitrogens with one attached hydrogen (secondary N) is 2. The fraction of sp³-hybridized carbons (Fsp3) is 0.286. The van der Waals surface area contributed by atoms with Crippen LogP contribution in [0.4, 0.5) is 5.82 Å². The molecule has 2 heterocycles. The van der Waals surface area contributed by atoms with Crippen LogP contribution in [0.1, 0.15) is 12.5 Å². The van der Waals surface area contributed by atoms with Crippen molar-refractivity contribution in [1.82, 2.24) is 9.97 Å². The van der Waals surface area contributed by atoms with Crippen LogP contribution < -0.4 is 11.0 Å². The molecular weight excluding hydrogens is 156 g/mol. The van der Waals surface area contributed by atoms with E-state index >= 15 is 0 Å². The standard InChI is InChI=1S/C7H8N4O/c1-4-2-5-6(11-10-4)8-3-9-7(5)12/h3H,2H2,1H3,(H2,8,9,11,12). The molecule has 2 rings (SSSR count). The molecule has 1 aliphatic heterocycles.